The smallest absolute Gasteiger partial charge is 0.165 e. The van der Waals surface area contributed by atoms with E-state index in [4.69, 9.17) is 19.4 Å². The molecule has 8 nitrogen and oxygen atoms in total. The van der Waals surface area contributed by atoms with Gasteiger partial charge in [-0.1, -0.05) is 11.6 Å². The Morgan fingerprint density at radius 2 is 1.91 bits per heavy atom. The van der Waals surface area contributed by atoms with Gasteiger partial charge in [0.2, 0.25) is 0 Å². The molecule has 1 aromatic heterocycles. The fourth-order valence-corrected chi connectivity index (χ4v) is 4.46. The molecule has 3 aromatic rings. The lowest BCUT2D eigenvalue weighted by molar-refractivity contribution is 0.0219. The van der Waals surface area contributed by atoms with Crippen molar-refractivity contribution in [2.45, 2.75) is 39.3 Å². The number of phenols is 1. The van der Waals surface area contributed by atoms with Gasteiger partial charge in [-0.25, -0.2) is 9.97 Å². The molecule has 0 bridgehead atoms. The van der Waals surface area contributed by atoms with Crippen molar-refractivity contribution in [1.29, 1.82) is 0 Å². The number of fused-ring (bicyclic) bond motifs is 1. The van der Waals surface area contributed by atoms with Crippen LogP contribution in [0.4, 0.5) is 5.82 Å². The van der Waals surface area contributed by atoms with Gasteiger partial charge in [-0.05, 0) is 51.5 Å². The van der Waals surface area contributed by atoms with Crippen LogP contribution in [0.15, 0.2) is 30.3 Å². The lowest BCUT2D eigenvalue weighted by Gasteiger charge is -2.31. The highest BCUT2D eigenvalue weighted by Crippen LogP contribution is 2.35. The summed E-state index contributed by atoms with van der Waals surface area (Å²) in [5.74, 6) is 1.94. The summed E-state index contributed by atoms with van der Waals surface area (Å²) >= 11 is 0. The zero-order valence-corrected chi connectivity index (χ0v) is 20.5. The second-order valence-corrected chi connectivity index (χ2v) is 9.56. The molecule has 0 spiro atoms. The van der Waals surface area contributed by atoms with Crippen LogP contribution in [0.1, 0.15) is 25.0 Å². The molecule has 1 aliphatic rings. The van der Waals surface area contributed by atoms with Crippen LogP contribution in [-0.4, -0.2) is 65.2 Å². The molecule has 0 amide bonds. The number of methoxy groups -OCH3 is 1. The summed E-state index contributed by atoms with van der Waals surface area (Å²) in [4.78, 5) is 9.64. The van der Waals surface area contributed by atoms with Crippen LogP contribution in [0.25, 0.3) is 22.3 Å². The summed E-state index contributed by atoms with van der Waals surface area (Å²) in [6, 6.07) is 9.29. The van der Waals surface area contributed by atoms with Gasteiger partial charge in [-0.2, -0.15) is 0 Å². The lowest BCUT2D eigenvalue weighted by Crippen LogP contribution is -2.42. The Balaban J connectivity index is 1.83. The maximum atomic E-state index is 10.7. The number of aromatic hydroxyl groups is 1. The molecule has 2 atom stereocenters. The van der Waals surface area contributed by atoms with Crippen molar-refractivity contribution in [3.05, 3.63) is 41.5 Å². The minimum absolute atomic E-state index is 0.00563. The number of aryl methyl sites for hydroxylation is 2. The summed E-state index contributed by atoms with van der Waals surface area (Å²) in [6.07, 6.45) is 0. The van der Waals surface area contributed by atoms with E-state index < -0.39 is 5.60 Å². The van der Waals surface area contributed by atoms with Gasteiger partial charge in [0, 0.05) is 43.6 Å². The standard InChI is InChI=1S/C26H34N4O4/c1-15-6-7-22(31)18(10-15)25-28-20-12-23(34-9-8-33-5)16(2)11-17(20)24(30-25)29-21-14-27-13-19(21)26(3,4)32/h6-7,10-12,19,21,27,31-32H,8-9,13-14H2,1-5H3,(H,28,29,30)/t19-,21-/m1/s1. The van der Waals surface area contributed by atoms with E-state index in [2.05, 4.69) is 10.6 Å². The van der Waals surface area contributed by atoms with Gasteiger partial charge in [0.25, 0.3) is 0 Å². The number of aromatic nitrogens is 2. The number of nitrogens with one attached hydrogen (secondary N) is 2. The third-order valence-electron chi connectivity index (χ3n) is 6.37. The highest BCUT2D eigenvalue weighted by Gasteiger charge is 2.38. The van der Waals surface area contributed by atoms with Gasteiger partial charge < -0.3 is 30.3 Å². The van der Waals surface area contributed by atoms with Crippen LogP contribution in [-0.2, 0) is 4.74 Å². The molecule has 34 heavy (non-hydrogen) atoms. The molecule has 0 saturated carbocycles. The number of rotatable bonds is 8. The van der Waals surface area contributed by atoms with Crippen LogP contribution in [0.5, 0.6) is 11.5 Å². The van der Waals surface area contributed by atoms with E-state index in [0.29, 0.717) is 49.0 Å². The minimum Gasteiger partial charge on any atom is -0.507 e. The number of nitrogens with zero attached hydrogens (tertiary/aromatic N) is 2. The van der Waals surface area contributed by atoms with E-state index in [9.17, 15) is 10.2 Å². The molecule has 2 heterocycles. The molecule has 1 aliphatic heterocycles. The van der Waals surface area contributed by atoms with Gasteiger partial charge in [0.1, 0.15) is 23.9 Å². The third kappa shape index (κ3) is 5.09. The van der Waals surface area contributed by atoms with E-state index in [1.165, 1.54) is 0 Å². The Kier molecular flexibility index (Phi) is 6.93. The molecule has 0 radical (unpaired) electrons. The summed E-state index contributed by atoms with van der Waals surface area (Å²) in [5.41, 5.74) is 2.39. The van der Waals surface area contributed by atoms with Crippen LogP contribution < -0.4 is 15.4 Å². The Labute approximate surface area is 200 Å². The maximum Gasteiger partial charge on any atom is 0.165 e. The average Bonchev–Trinajstić information content (AvgIpc) is 3.25. The molecular formula is C26H34N4O4. The lowest BCUT2D eigenvalue weighted by atomic mass is 9.87. The van der Waals surface area contributed by atoms with Crippen molar-refractivity contribution in [3.63, 3.8) is 0 Å². The van der Waals surface area contributed by atoms with Crippen molar-refractivity contribution in [2.24, 2.45) is 5.92 Å². The van der Waals surface area contributed by atoms with Gasteiger partial charge in [0.05, 0.1) is 23.3 Å². The first-order chi connectivity index (χ1) is 16.2. The molecule has 1 saturated heterocycles. The van der Waals surface area contributed by atoms with Crippen molar-refractivity contribution in [1.82, 2.24) is 15.3 Å². The van der Waals surface area contributed by atoms with Crippen LogP contribution in [0.2, 0.25) is 0 Å². The minimum atomic E-state index is -0.847. The van der Waals surface area contributed by atoms with Crippen LogP contribution in [0, 0.1) is 19.8 Å². The quantitative estimate of drug-likeness (QED) is 0.374. The number of ether oxygens (including phenoxy) is 2. The van der Waals surface area contributed by atoms with Crippen molar-refractivity contribution >= 4 is 16.7 Å². The Bertz CT molecular complexity index is 1180. The number of hydrogen-bond acceptors (Lipinski definition) is 8. The number of benzene rings is 2. The fraction of sp³-hybridized carbons (Fsp3) is 0.462. The second-order valence-electron chi connectivity index (χ2n) is 9.56. The summed E-state index contributed by atoms with van der Waals surface area (Å²) in [7, 11) is 1.64. The highest BCUT2D eigenvalue weighted by atomic mass is 16.5. The van der Waals surface area contributed by atoms with Crippen molar-refractivity contribution in [2.75, 3.05) is 38.7 Å². The SMILES string of the molecule is COCCOc1cc2nc(-c3cc(C)ccc3O)nc(N[C@@H]3CNC[C@H]3C(C)(C)O)c2cc1C. The highest BCUT2D eigenvalue weighted by molar-refractivity contribution is 5.92. The van der Waals surface area contributed by atoms with Crippen molar-refractivity contribution < 1.29 is 19.7 Å². The predicted octanol–water partition coefficient (Wildman–Crippen LogP) is 3.42. The van der Waals surface area contributed by atoms with E-state index >= 15 is 0 Å². The second kappa shape index (κ2) is 9.74. The normalized spacial score (nSPS) is 18.4. The first kappa shape index (κ1) is 24.2. The van der Waals surface area contributed by atoms with E-state index in [-0.39, 0.29) is 17.7 Å². The van der Waals surface area contributed by atoms with E-state index in [1.54, 1.807) is 13.2 Å². The molecular weight excluding hydrogens is 432 g/mol. The van der Waals surface area contributed by atoms with E-state index in [1.807, 2.05) is 52.0 Å². The first-order valence-electron chi connectivity index (χ1n) is 11.6. The zero-order valence-electron chi connectivity index (χ0n) is 20.5. The Morgan fingerprint density at radius 1 is 1.12 bits per heavy atom. The van der Waals surface area contributed by atoms with Gasteiger partial charge >= 0.3 is 0 Å². The number of anilines is 1. The summed E-state index contributed by atoms with van der Waals surface area (Å²) < 4.78 is 11.0. The average molecular weight is 467 g/mol. The topological polar surface area (TPSA) is 109 Å². The molecule has 1 fully saturated rings. The fourth-order valence-electron chi connectivity index (χ4n) is 4.46. The van der Waals surface area contributed by atoms with Crippen LogP contribution in [0.3, 0.4) is 0 Å². The third-order valence-corrected chi connectivity index (χ3v) is 6.37. The Hall–Kier alpha value is -2.94. The van der Waals surface area contributed by atoms with Gasteiger partial charge in [0.15, 0.2) is 5.82 Å². The predicted molar refractivity (Wildman–Crippen MR) is 134 cm³/mol. The number of aliphatic hydroxyl groups is 1. The van der Waals surface area contributed by atoms with Crippen molar-refractivity contribution in [3.8, 4) is 22.9 Å². The monoisotopic (exact) mass is 466 g/mol. The Morgan fingerprint density at radius 3 is 2.65 bits per heavy atom. The molecule has 8 heteroatoms. The van der Waals surface area contributed by atoms with Gasteiger partial charge in [-0.15, -0.1) is 0 Å². The zero-order chi connectivity index (χ0) is 24.5. The number of phenolic OH excluding ortho intramolecular Hbond substituents is 1. The van der Waals surface area contributed by atoms with Gasteiger partial charge in [-0.3, -0.25) is 0 Å². The van der Waals surface area contributed by atoms with Crippen LogP contribution >= 0.6 is 0 Å². The molecule has 2 aromatic carbocycles. The summed E-state index contributed by atoms with van der Waals surface area (Å²) in [5, 5.41) is 29.0. The van der Waals surface area contributed by atoms with E-state index in [0.717, 1.165) is 22.3 Å². The largest absolute Gasteiger partial charge is 0.507 e. The maximum absolute atomic E-state index is 10.7. The molecule has 0 aliphatic carbocycles. The number of hydrogen-bond donors (Lipinski definition) is 4. The molecule has 4 rings (SSSR count). The summed E-state index contributed by atoms with van der Waals surface area (Å²) in [6.45, 7) is 9.97. The molecule has 4 N–H and O–H groups in total. The molecule has 0 unspecified atom stereocenters. The first-order valence-corrected chi connectivity index (χ1v) is 11.6. The molecule has 182 valence electrons.